The van der Waals surface area contributed by atoms with Gasteiger partial charge in [-0.1, -0.05) is 23.7 Å². The first-order chi connectivity index (χ1) is 12.6. The average molecular weight is 375 g/mol. The Morgan fingerprint density at radius 1 is 1.31 bits per heavy atom. The van der Waals surface area contributed by atoms with E-state index >= 15 is 0 Å². The molecule has 2 heterocycles. The second-order valence-electron chi connectivity index (χ2n) is 7.17. The number of halogens is 1. The smallest absolute Gasteiger partial charge is 0.263 e. The minimum absolute atomic E-state index is 0.0208. The van der Waals surface area contributed by atoms with Gasteiger partial charge < -0.3 is 9.64 Å². The number of H-pyrrole nitrogens is 1. The molecule has 2 aliphatic rings. The Hall–Kier alpha value is -2.08. The molecule has 0 spiro atoms. The van der Waals surface area contributed by atoms with Crippen LogP contribution in [-0.4, -0.2) is 45.2 Å². The molecule has 7 heteroatoms. The van der Waals surface area contributed by atoms with Crippen LogP contribution in [0.15, 0.2) is 24.3 Å². The van der Waals surface area contributed by atoms with E-state index in [1.165, 1.54) is 12.8 Å². The molecule has 1 aromatic carbocycles. The lowest BCUT2D eigenvalue weighted by atomic mass is 9.97. The van der Waals surface area contributed by atoms with Gasteiger partial charge in [0.25, 0.3) is 5.91 Å². The van der Waals surface area contributed by atoms with Crippen molar-refractivity contribution in [2.45, 2.75) is 50.5 Å². The number of aromatic nitrogens is 3. The van der Waals surface area contributed by atoms with E-state index in [1.807, 2.05) is 17.0 Å². The SMILES string of the molecule is CC(Oc1ccccc1Cl)C(=O)N1CCCC(c2n[nH]c(C3CC3)n2)C1. The molecule has 0 radical (unpaired) electrons. The van der Waals surface area contributed by atoms with E-state index < -0.39 is 6.10 Å². The number of para-hydroxylation sites is 1. The molecule has 26 heavy (non-hydrogen) atoms. The quantitative estimate of drug-likeness (QED) is 0.869. The van der Waals surface area contributed by atoms with Crippen LogP contribution in [0.4, 0.5) is 0 Å². The summed E-state index contributed by atoms with van der Waals surface area (Å²) in [5.41, 5.74) is 0. The first kappa shape index (κ1) is 17.3. The molecular weight excluding hydrogens is 352 g/mol. The Kier molecular flexibility index (Phi) is 4.85. The number of benzene rings is 1. The number of nitrogens with zero attached hydrogens (tertiary/aromatic N) is 3. The largest absolute Gasteiger partial charge is 0.479 e. The fourth-order valence-electron chi connectivity index (χ4n) is 3.44. The summed E-state index contributed by atoms with van der Waals surface area (Å²) in [6, 6.07) is 7.21. The van der Waals surface area contributed by atoms with Crippen LogP contribution < -0.4 is 4.74 Å². The van der Waals surface area contributed by atoms with Crippen molar-refractivity contribution < 1.29 is 9.53 Å². The van der Waals surface area contributed by atoms with Crippen molar-refractivity contribution >= 4 is 17.5 Å². The minimum Gasteiger partial charge on any atom is -0.479 e. The van der Waals surface area contributed by atoms with E-state index in [0.29, 0.717) is 23.2 Å². The normalized spacial score (nSPS) is 21.5. The third kappa shape index (κ3) is 3.70. The number of hydrogen-bond donors (Lipinski definition) is 1. The molecule has 6 nitrogen and oxygen atoms in total. The summed E-state index contributed by atoms with van der Waals surface area (Å²) in [4.78, 5) is 19.3. The minimum atomic E-state index is -0.581. The van der Waals surface area contributed by atoms with Gasteiger partial charge in [0.2, 0.25) is 0 Å². The Balaban J connectivity index is 1.39. The summed E-state index contributed by atoms with van der Waals surface area (Å²) >= 11 is 6.12. The van der Waals surface area contributed by atoms with Crippen molar-refractivity contribution in [3.05, 3.63) is 40.9 Å². The van der Waals surface area contributed by atoms with Gasteiger partial charge in [0, 0.05) is 24.9 Å². The lowest BCUT2D eigenvalue weighted by Gasteiger charge is -2.33. The van der Waals surface area contributed by atoms with Gasteiger partial charge >= 0.3 is 0 Å². The molecular formula is C19H23ClN4O2. The number of rotatable bonds is 5. The zero-order chi connectivity index (χ0) is 18.1. The molecule has 1 amide bonds. The summed E-state index contributed by atoms with van der Waals surface area (Å²) < 4.78 is 5.78. The van der Waals surface area contributed by atoms with E-state index in [-0.39, 0.29) is 11.8 Å². The fourth-order valence-corrected chi connectivity index (χ4v) is 3.62. The Morgan fingerprint density at radius 2 is 2.12 bits per heavy atom. The highest BCUT2D eigenvalue weighted by atomic mass is 35.5. The van der Waals surface area contributed by atoms with Gasteiger partial charge in [0.05, 0.1) is 5.02 Å². The molecule has 0 bridgehead atoms. The van der Waals surface area contributed by atoms with Gasteiger partial charge in [-0.3, -0.25) is 9.89 Å². The lowest BCUT2D eigenvalue weighted by molar-refractivity contribution is -0.139. The van der Waals surface area contributed by atoms with Crippen LogP contribution >= 0.6 is 11.6 Å². The number of amides is 1. The molecule has 2 atom stereocenters. The van der Waals surface area contributed by atoms with Crippen LogP contribution in [0.3, 0.4) is 0 Å². The summed E-state index contributed by atoms with van der Waals surface area (Å²) in [5, 5.41) is 7.97. The molecule has 1 aromatic heterocycles. The van der Waals surface area contributed by atoms with Crippen LogP contribution in [0.2, 0.25) is 5.02 Å². The molecule has 2 aromatic rings. The number of piperidine rings is 1. The van der Waals surface area contributed by atoms with Gasteiger partial charge in [0.1, 0.15) is 11.6 Å². The van der Waals surface area contributed by atoms with Gasteiger partial charge in [-0.15, -0.1) is 0 Å². The molecule has 2 fully saturated rings. The zero-order valence-corrected chi connectivity index (χ0v) is 15.6. The van der Waals surface area contributed by atoms with Crippen molar-refractivity contribution in [3.8, 4) is 5.75 Å². The van der Waals surface area contributed by atoms with E-state index in [4.69, 9.17) is 16.3 Å². The van der Waals surface area contributed by atoms with Crippen LogP contribution in [0.1, 0.15) is 56.1 Å². The van der Waals surface area contributed by atoms with Gasteiger partial charge in [-0.2, -0.15) is 5.10 Å². The Labute approximate surface area is 157 Å². The average Bonchev–Trinajstić information content (AvgIpc) is 3.40. The predicted molar refractivity (Wildman–Crippen MR) is 98.5 cm³/mol. The van der Waals surface area contributed by atoms with E-state index in [2.05, 4.69) is 15.2 Å². The number of likely N-dealkylation sites (tertiary alicyclic amines) is 1. The lowest BCUT2D eigenvalue weighted by Crippen LogP contribution is -2.45. The van der Waals surface area contributed by atoms with Crippen LogP contribution in [-0.2, 0) is 4.79 Å². The standard InChI is InChI=1S/C19H23ClN4O2/c1-12(26-16-7-3-2-6-15(16)20)19(25)24-10-4-5-14(11-24)18-21-17(22-23-18)13-8-9-13/h2-3,6-7,12-14H,4-5,8-11H2,1H3,(H,21,22,23). The van der Waals surface area contributed by atoms with Crippen molar-refractivity contribution in [2.75, 3.05) is 13.1 Å². The topological polar surface area (TPSA) is 71.1 Å². The molecule has 1 saturated carbocycles. The highest BCUT2D eigenvalue weighted by molar-refractivity contribution is 6.32. The monoisotopic (exact) mass is 374 g/mol. The van der Waals surface area contributed by atoms with Crippen LogP contribution in [0.5, 0.6) is 5.75 Å². The molecule has 138 valence electrons. The highest BCUT2D eigenvalue weighted by Gasteiger charge is 2.32. The Bertz CT molecular complexity index is 789. The van der Waals surface area contributed by atoms with Gasteiger partial charge in [-0.05, 0) is 44.7 Å². The van der Waals surface area contributed by atoms with E-state index in [0.717, 1.165) is 31.0 Å². The molecule has 4 rings (SSSR count). The molecule has 1 aliphatic heterocycles. The molecule has 1 saturated heterocycles. The Morgan fingerprint density at radius 3 is 2.88 bits per heavy atom. The number of carbonyl (C=O) groups is 1. The van der Waals surface area contributed by atoms with E-state index in [9.17, 15) is 4.79 Å². The summed E-state index contributed by atoms with van der Waals surface area (Å²) in [5.74, 6) is 3.09. The van der Waals surface area contributed by atoms with Crippen molar-refractivity contribution in [1.82, 2.24) is 20.1 Å². The number of aromatic amines is 1. The van der Waals surface area contributed by atoms with Crippen molar-refractivity contribution in [1.29, 1.82) is 0 Å². The predicted octanol–water partition coefficient (Wildman–Crippen LogP) is 3.51. The van der Waals surface area contributed by atoms with Gasteiger partial charge in [-0.25, -0.2) is 4.98 Å². The molecule has 2 unspecified atom stereocenters. The van der Waals surface area contributed by atoms with Crippen molar-refractivity contribution in [3.63, 3.8) is 0 Å². The highest BCUT2D eigenvalue weighted by Crippen LogP contribution is 2.38. The van der Waals surface area contributed by atoms with Crippen LogP contribution in [0.25, 0.3) is 0 Å². The molecule has 1 N–H and O–H groups in total. The third-order valence-electron chi connectivity index (χ3n) is 5.07. The number of hydrogen-bond acceptors (Lipinski definition) is 4. The second kappa shape index (κ2) is 7.27. The number of nitrogens with one attached hydrogen (secondary N) is 1. The zero-order valence-electron chi connectivity index (χ0n) is 14.8. The number of carbonyl (C=O) groups excluding carboxylic acids is 1. The fraction of sp³-hybridized carbons (Fsp3) is 0.526. The third-order valence-corrected chi connectivity index (χ3v) is 5.38. The maximum absolute atomic E-state index is 12.8. The van der Waals surface area contributed by atoms with Crippen molar-refractivity contribution in [2.24, 2.45) is 0 Å². The number of ether oxygens (including phenoxy) is 1. The molecule has 1 aliphatic carbocycles. The summed E-state index contributed by atoms with van der Waals surface area (Å²) in [6.45, 7) is 3.15. The first-order valence-electron chi connectivity index (χ1n) is 9.24. The summed E-state index contributed by atoms with van der Waals surface area (Å²) in [6.07, 6.45) is 3.76. The maximum Gasteiger partial charge on any atom is 0.263 e. The summed E-state index contributed by atoms with van der Waals surface area (Å²) in [7, 11) is 0. The maximum atomic E-state index is 12.8. The van der Waals surface area contributed by atoms with Crippen LogP contribution in [0, 0.1) is 0 Å². The van der Waals surface area contributed by atoms with Gasteiger partial charge in [0.15, 0.2) is 11.9 Å². The van der Waals surface area contributed by atoms with E-state index in [1.54, 1.807) is 19.1 Å². The second-order valence-corrected chi connectivity index (χ2v) is 7.57. The first-order valence-corrected chi connectivity index (χ1v) is 9.62.